The Labute approximate surface area is 143 Å². The van der Waals surface area contributed by atoms with Crippen LogP contribution in [0.1, 0.15) is 33.6 Å². The third-order valence-corrected chi connectivity index (χ3v) is 3.87. The minimum Gasteiger partial charge on any atom is -0.444 e. The molecule has 1 saturated heterocycles. The standard InChI is InChI=1S/C15H22N6O4/c1-15(2,3)25-14(24)18-9-5-4-6-20(7-9)21-12(22)10-11(17-8-16-10)19-13(21)23/h8-9H,4-7H2,1-3H3,(H,16,17)(H,18,24)(H,19,23)/t9-/m1/s1. The average molecular weight is 350 g/mol. The molecule has 3 rings (SSSR count). The van der Waals surface area contributed by atoms with Gasteiger partial charge in [-0.05, 0) is 33.6 Å². The molecule has 0 radical (unpaired) electrons. The number of nitrogens with one attached hydrogen (secondary N) is 3. The van der Waals surface area contributed by atoms with Crippen LogP contribution in [-0.4, -0.2) is 50.5 Å². The van der Waals surface area contributed by atoms with Gasteiger partial charge in [-0.15, -0.1) is 0 Å². The van der Waals surface area contributed by atoms with Gasteiger partial charge in [-0.3, -0.25) is 9.78 Å². The first kappa shape index (κ1) is 17.1. The van der Waals surface area contributed by atoms with E-state index in [2.05, 4.69) is 20.3 Å². The normalized spacial score (nSPS) is 18.4. The van der Waals surface area contributed by atoms with E-state index in [1.165, 1.54) is 6.33 Å². The Morgan fingerprint density at radius 2 is 2.16 bits per heavy atom. The summed E-state index contributed by atoms with van der Waals surface area (Å²) in [5.41, 5.74) is -1.14. The highest BCUT2D eigenvalue weighted by Crippen LogP contribution is 2.11. The summed E-state index contributed by atoms with van der Waals surface area (Å²) in [6, 6.07) is -0.215. The van der Waals surface area contributed by atoms with Gasteiger partial charge in [-0.1, -0.05) is 0 Å². The predicted octanol–water partition coefficient (Wildman–Crippen LogP) is 0.0380. The zero-order chi connectivity index (χ0) is 18.2. The van der Waals surface area contributed by atoms with Crippen molar-refractivity contribution in [1.29, 1.82) is 0 Å². The molecular formula is C15H22N6O4. The molecule has 10 nitrogen and oxygen atoms in total. The van der Waals surface area contributed by atoms with Crippen molar-refractivity contribution in [2.24, 2.45) is 0 Å². The number of hydrogen-bond donors (Lipinski definition) is 3. The minimum absolute atomic E-state index is 0.215. The van der Waals surface area contributed by atoms with Crippen molar-refractivity contribution in [3.05, 3.63) is 27.2 Å². The first-order valence-corrected chi connectivity index (χ1v) is 8.18. The van der Waals surface area contributed by atoms with E-state index in [1.54, 1.807) is 25.8 Å². The number of piperidine rings is 1. The Bertz CT molecular complexity index is 890. The number of ether oxygens (including phenoxy) is 1. The topological polar surface area (TPSA) is 125 Å². The molecule has 1 aliphatic rings. The van der Waals surface area contributed by atoms with Crippen LogP contribution in [0, 0.1) is 0 Å². The molecule has 0 aliphatic carbocycles. The number of hydrogen-bond acceptors (Lipinski definition) is 6. The van der Waals surface area contributed by atoms with Crippen molar-refractivity contribution in [2.45, 2.75) is 45.3 Å². The molecule has 0 unspecified atom stereocenters. The molecular weight excluding hydrogens is 328 g/mol. The number of amides is 1. The summed E-state index contributed by atoms with van der Waals surface area (Å²) < 4.78 is 6.32. The van der Waals surface area contributed by atoms with E-state index in [0.29, 0.717) is 13.1 Å². The minimum atomic E-state index is -0.585. The first-order valence-electron chi connectivity index (χ1n) is 8.18. The predicted molar refractivity (Wildman–Crippen MR) is 91.3 cm³/mol. The van der Waals surface area contributed by atoms with Gasteiger partial charge in [-0.25, -0.2) is 14.6 Å². The van der Waals surface area contributed by atoms with E-state index in [9.17, 15) is 14.4 Å². The van der Waals surface area contributed by atoms with Crippen LogP contribution in [0.25, 0.3) is 11.2 Å². The maximum Gasteiger partial charge on any atom is 0.407 e. The summed E-state index contributed by atoms with van der Waals surface area (Å²) >= 11 is 0. The summed E-state index contributed by atoms with van der Waals surface area (Å²) in [5, 5.41) is 4.43. The molecule has 0 bridgehead atoms. The summed E-state index contributed by atoms with van der Waals surface area (Å²) in [4.78, 5) is 46.0. The Kier molecular flexibility index (Phi) is 4.27. The molecule has 0 spiro atoms. The lowest BCUT2D eigenvalue weighted by Gasteiger charge is -2.34. The van der Waals surface area contributed by atoms with Gasteiger partial charge in [0.15, 0.2) is 11.2 Å². The van der Waals surface area contributed by atoms with Crippen LogP contribution < -0.4 is 21.6 Å². The lowest BCUT2D eigenvalue weighted by molar-refractivity contribution is 0.0497. The maximum atomic E-state index is 12.5. The number of alkyl carbamates (subject to hydrolysis) is 1. The van der Waals surface area contributed by atoms with E-state index in [4.69, 9.17) is 4.74 Å². The Balaban J connectivity index is 1.79. The molecule has 25 heavy (non-hydrogen) atoms. The number of carbonyl (C=O) groups excluding carboxylic acids is 1. The molecule has 3 N–H and O–H groups in total. The van der Waals surface area contributed by atoms with Crippen molar-refractivity contribution in [2.75, 3.05) is 18.1 Å². The highest BCUT2D eigenvalue weighted by molar-refractivity contribution is 5.68. The molecule has 10 heteroatoms. The second kappa shape index (κ2) is 6.26. The van der Waals surface area contributed by atoms with Crippen molar-refractivity contribution in [3.8, 4) is 0 Å². The van der Waals surface area contributed by atoms with Crippen LogP contribution in [0.2, 0.25) is 0 Å². The molecule has 1 aliphatic heterocycles. The van der Waals surface area contributed by atoms with E-state index in [0.717, 1.165) is 17.5 Å². The van der Waals surface area contributed by atoms with Gasteiger partial charge in [0, 0.05) is 6.54 Å². The molecule has 2 aromatic rings. The van der Waals surface area contributed by atoms with Crippen LogP contribution in [0.5, 0.6) is 0 Å². The van der Waals surface area contributed by atoms with E-state index < -0.39 is 22.9 Å². The third kappa shape index (κ3) is 3.67. The number of aromatic nitrogens is 4. The van der Waals surface area contributed by atoms with Gasteiger partial charge >= 0.3 is 17.3 Å². The van der Waals surface area contributed by atoms with Gasteiger partial charge in [0.25, 0.3) is 0 Å². The second-order valence-electron chi connectivity index (χ2n) is 7.07. The Morgan fingerprint density at radius 3 is 2.88 bits per heavy atom. The van der Waals surface area contributed by atoms with Gasteiger partial charge in [0.1, 0.15) is 5.60 Å². The number of rotatable bonds is 2. The Morgan fingerprint density at radius 1 is 1.40 bits per heavy atom. The smallest absolute Gasteiger partial charge is 0.407 e. The van der Waals surface area contributed by atoms with Crippen LogP contribution >= 0.6 is 0 Å². The maximum absolute atomic E-state index is 12.5. The van der Waals surface area contributed by atoms with Crippen LogP contribution in [-0.2, 0) is 4.74 Å². The number of nitrogens with zero attached hydrogens (tertiary/aromatic N) is 3. The van der Waals surface area contributed by atoms with E-state index in [1.807, 2.05) is 0 Å². The lowest BCUT2D eigenvalue weighted by atomic mass is 10.1. The summed E-state index contributed by atoms with van der Waals surface area (Å²) in [6.07, 6.45) is 2.32. The zero-order valence-corrected chi connectivity index (χ0v) is 14.5. The number of carbonyl (C=O) groups is 1. The number of imidazole rings is 1. The highest BCUT2D eigenvalue weighted by atomic mass is 16.6. The lowest BCUT2D eigenvalue weighted by Crippen LogP contribution is -2.58. The van der Waals surface area contributed by atoms with Crippen LogP contribution in [0.3, 0.4) is 0 Å². The monoisotopic (exact) mass is 350 g/mol. The fourth-order valence-electron chi connectivity index (χ4n) is 2.89. The Hall–Kier alpha value is -2.78. The quantitative estimate of drug-likeness (QED) is 0.702. The molecule has 0 aromatic carbocycles. The first-order chi connectivity index (χ1) is 11.7. The molecule has 136 valence electrons. The van der Waals surface area contributed by atoms with Crippen LogP contribution in [0.4, 0.5) is 4.79 Å². The summed E-state index contributed by atoms with van der Waals surface area (Å²) in [6.45, 7) is 6.24. The number of H-pyrrole nitrogens is 2. The number of fused-ring (bicyclic) bond motifs is 1. The van der Waals surface area contributed by atoms with Crippen molar-refractivity contribution in [1.82, 2.24) is 24.9 Å². The van der Waals surface area contributed by atoms with E-state index in [-0.39, 0.29) is 17.2 Å². The molecule has 1 fully saturated rings. The second-order valence-corrected chi connectivity index (χ2v) is 7.07. The molecule has 1 atom stereocenters. The van der Waals surface area contributed by atoms with Gasteiger partial charge < -0.3 is 20.0 Å². The largest absolute Gasteiger partial charge is 0.444 e. The van der Waals surface area contributed by atoms with Gasteiger partial charge in [0.05, 0.1) is 18.9 Å². The fraction of sp³-hybridized carbons (Fsp3) is 0.600. The van der Waals surface area contributed by atoms with Crippen molar-refractivity contribution < 1.29 is 9.53 Å². The summed E-state index contributed by atoms with van der Waals surface area (Å²) in [5.74, 6) is 0. The van der Waals surface area contributed by atoms with E-state index >= 15 is 0 Å². The van der Waals surface area contributed by atoms with Gasteiger partial charge in [-0.2, -0.15) is 4.68 Å². The SMILES string of the molecule is CC(C)(C)OC(=O)N[C@@H]1CCCN(n2c(=O)[nH]c3nc[nH]c3c2=O)C1. The molecule has 1 amide bonds. The number of aromatic amines is 2. The summed E-state index contributed by atoms with van der Waals surface area (Å²) in [7, 11) is 0. The van der Waals surface area contributed by atoms with Crippen molar-refractivity contribution >= 4 is 17.3 Å². The highest BCUT2D eigenvalue weighted by Gasteiger charge is 2.26. The average Bonchev–Trinajstić information content (AvgIpc) is 2.94. The molecule has 3 heterocycles. The molecule has 0 saturated carbocycles. The van der Waals surface area contributed by atoms with Crippen molar-refractivity contribution in [3.63, 3.8) is 0 Å². The third-order valence-electron chi connectivity index (χ3n) is 3.87. The zero-order valence-electron chi connectivity index (χ0n) is 14.5. The molecule has 2 aromatic heterocycles. The fourth-order valence-corrected chi connectivity index (χ4v) is 2.89. The van der Waals surface area contributed by atoms with Gasteiger partial charge in [0.2, 0.25) is 0 Å². The van der Waals surface area contributed by atoms with Crippen LogP contribution in [0.15, 0.2) is 15.9 Å².